The molecule has 2 aromatic carbocycles. The van der Waals surface area contributed by atoms with Crippen LogP contribution in [0.4, 0.5) is 5.69 Å². The molecule has 0 saturated carbocycles. The number of hydrogen-bond donors (Lipinski definition) is 1. The van der Waals surface area contributed by atoms with Crippen molar-refractivity contribution in [2.45, 2.75) is 0 Å². The zero-order valence-electron chi connectivity index (χ0n) is 14.0. The molecule has 0 radical (unpaired) electrons. The van der Waals surface area contributed by atoms with Crippen LogP contribution in [0.15, 0.2) is 77.6 Å². The van der Waals surface area contributed by atoms with Gasteiger partial charge in [0, 0.05) is 34.2 Å². The number of aromatic nitrogens is 3. The van der Waals surface area contributed by atoms with Crippen LogP contribution < -0.4 is 5.32 Å². The Kier molecular flexibility index (Phi) is 4.63. The second kappa shape index (κ2) is 7.39. The predicted octanol–water partition coefficient (Wildman–Crippen LogP) is 4.70. The molecule has 4 rings (SSSR count). The highest BCUT2D eigenvalue weighted by Gasteiger charge is 2.11. The molecule has 27 heavy (non-hydrogen) atoms. The average molecular weight is 377 g/mol. The maximum Gasteiger partial charge on any atom is 0.259 e. The molecular weight excluding hydrogens is 364 g/mol. The van der Waals surface area contributed by atoms with Gasteiger partial charge < -0.3 is 9.84 Å². The van der Waals surface area contributed by atoms with Crippen molar-refractivity contribution in [3.05, 3.63) is 83.6 Å². The number of carbonyl (C=O) groups excluding carboxylic acids is 1. The lowest BCUT2D eigenvalue weighted by atomic mass is 10.1. The summed E-state index contributed by atoms with van der Waals surface area (Å²) in [5.41, 5.74) is 2.67. The van der Waals surface area contributed by atoms with E-state index in [-0.39, 0.29) is 5.91 Å². The molecule has 132 valence electrons. The third kappa shape index (κ3) is 3.86. The highest BCUT2D eigenvalue weighted by Crippen LogP contribution is 2.23. The number of benzene rings is 2. The molecule has 0 aliphatic heterocycles. The molecule has 0 bridgehead atoms. The van der Waals surface area contributed by atoms with Gasteiger partial charge in [0.25, 0.3) is 11.8 Å². The van der Waals surface area contributed by atoms with Gasteiger partial charge in [-0.25, -0.2) is 0 Å². The third-order valence-corrected chi connectivity index (χ3v) is 4.06. The molecule has 1 N–H and O–H groups in total. The van der Waals surface area contributed by atoms with Crippen LogP contribution in [0.1, 0.15) is 10.4 Å². The molecule has 0 unspecified atom stereocenters. The molecule has 1 amide bonds. The zero-order valence-corrected chi connectivity index (χ0v) is 14.7. The van der Waals surface area contributed by atoms with Crippen LogP contribution in [0.3, 0.4) is 0 Å². The van der Waals surface area contributed by atoms with Crippen LogP contribution in [-0.2, 0) is 0 Å². The fraction of sp³-hybridized carbons (Fsp3) is 0. The first-order valence-corrected chi connectivity index (χ1v) is 8.48. The number of halogens is 1. The average Bonchev–Trinajstić information content (AvgIpc) is 3.19. The molecule has 2 heterocycles. The van der Waals surface area contributed by atoms with Crippen molar-refractivity contribution in [1.29, 1.82) is 0 Å². The van der Waals surface area contributed by atoms with Gasteiger partial charge in [0.2, 0.25) is 5.82 Å². The Bertz CT molecular complexity index is 1080. The van der Waals surface area contributed by atoms with Crippen LogP contribution in [0.25, 0.3) is 22.8 Å². The minimum atomic E-state index is -0.233. The normalized spacial score (nSPS) is 10.6. The summed E-state index contributed by atoms with van der Waals surface area (Å²) in [5.74, 6) is 0.627. The SMILES string of the molecule is O=C(Nc1ccc(-c2noc(-c3cccnc3)n2)cc1)c1cccc(Cl)c1. The number of nitrogens with zero attached hydrogens (tertiary/aromatic N) is 3. The first kappa shape index (κ1) is 16.9. The fourth-order valence-electron chi connectivity index (χ4n) is 2.48. The van der Waals surface area contributed by atoms with Crippen molar-refractivity contribution < 1.29 is 9.32 Å². The van der Waals surface area contributed by atoms with E-state index < -0.39 is 0 Å². The quantitative estimate of drug-likeness (QED) is 0.558. The van der Waals surface area contributed by atoms with E-state index in [9.17, 15) is 4.79 Å². The molecule has 4 aromatic rings. The molecule has 2 aromatic heterocycles. The molecule has 7 heteroatoms. The largest absolute Gasteiger partial charge is 0.334 e. The van der Waals surface area contributed by atoms with Gasteiger partial charge >= 0.3 is 0 Å². The van der Waals surface area contributed by atoms with E-state index in [4.69, 9.17) is 16.1 Å². The number of pyridine rings is 1. The Morgan fingerprint density at radius 3 is 2.59 bits per heavy atom. The summed E-state index contributed by atoms with van der Waals surface area (Å²) in [4.78, 5) is 20.7. The lowest BCUT2D eigenvalue weighted by Gasteiger charge is -2.06. The maximum absolute atomic E-state index is 12.3. The molecule has 0 atom stereocenters. The Balaban J connectivity index is 1.49. The van der Waals surface area contributed by atoms with E-state index in [0.717, 1.165) is 11.1 Å². The minimum absolute atomic E-state index is 0.233. The van der Waals surface area contributed by atoms with Gasteiger partial charge in [0.15, 0.2) is 0 Å². The smallest absolute Gasteiger partial charge is 0.259 e. The van der Waals surface area contributed by atoms with Crippen molar-refractivity contribution in [2.24, 2.45) is 0 Å². The lowest BCUT2D eigenvalue weighted by Crippen LogP contribution is -2.11. The molecular formula is C20H13ClN4O2. The Morgan fingerprint density at radius 2 is 1.85 bits per heavy atom. The van der Waals surface area contributed by atoms with E-state index >= 15 is 0 Å². The van der Waals surface area contributed by atoms with E-state index in [2.05, 4.69) is 20.4 Å². The van der Waals surface area contributed by atoms with Gasteiger partial charge in [0.05, 0.1) is 5.56 Å². The Labute approximate surface area is 159 Å². The summed E-state index contributed by atoms with van der Waals surface area (Å²) < 4.78 is 5.29. The molecule has 0 spiro atoms. The first-order chi connectivity index (χ1) is 13.2. The van der Waals surface area contributed by atoms with Gasteiger partial charge in [-0.05, 0) is 54.6 Å². The number of anilines is 1. The Morgan fingerprint density at radius 1 is 1.00 bits per heavy atom. The van der Waals surface area contributed by atoms with Crippen molar-refractivity contribution in [2.75, 3.05) is 5.32 Å². The number of nitrogens with one attached hydrogen (secondary N) is 1. The van der Waals surface area contributed by atoms with Crippen LogP contribution in [-0.4, -0.2) is 21.0 Å². The van der Waals surface area contributed by atoms with Crippen LogP contribution in [0.5, 0.6) is 0 Å². The van der Waals surface area contributed by atoms with Gasteiger partial charge in [-0.3, -0.25) is 9.78 Å². The van der Waals surface area contributed by atoms with E-state index in [1.807, 2.05) is 18.2 Å². The van der Waals surface area contributed by atoms with Crippen LogP contribution >= 0.6 is 11.6 Å². The third-order valence-electron chi connectivity index (χ3n) is 3.82. The fourth-order valence-corrected chi connectivity index (χ4v) is 2.67. The van der Waals surface area contributed by atoms with Gasteiger partial charge in [-0.2, -0.15) is 4.98 Å². The van der Waals surface area contributed by atoms with Crippen LogP contribution in [0.2, 0.25) is 5.02 Å². The Hall–Kier alpha value is -3.51. The summed E-state index contributed by atoms with van der Waals surface area (Å²) in [6.45, 7) is 0. The van der Waals surface area contributed by atoms with Gasteiger partial charge in [-0.15, -0.1) is 0 Å². The summed E-state index contributed by atoms with van der Waals surface area (Å²) >= 11 is 5.92. The highest BCUT2D eigenvalue weighted by atomic mass is 35.5. The zero-order chi connectivity index (χ0) is 18.6. The van der Waals surface area contributed by atoms with E-state index in [1.54, 1.807) is 54.9 Å². The molecule has 0 aliphatic rings. The standard InChI is InChI=1S/C20H13ClN4O2/c21-16-5-1-3-14(11-16)19(26)23-17-8-6-13(7-9-17)18-24-20(27-25-18)15-4-2-10-22-12-15/h1-12H,(H,23,26). The topological polar surface area (TPSA) is 80.9 Å². The summed E-state index contributed by atoms with van der Waals surface area (Å²) in [7, 11) is 0. The van der Waals surface area contributed by atoms with Crippen molar-refractivity contribution in [1.82, 2.24) is 15.1 Å². The van der Waals surface area contributed by atoms with Crippen molar-refractivity contribution >= 4 is 23.2 Å². The number of amides is 1. The number of hydrogen-bond acceptors (Lipinski definition) is 5. The summed E-state index contributed by atoms with van der Waals surface area (Å²) in [6.07, 6.45) is 3.34. The molecule has 0 fully saturated rings. The van der Waals surface area contributed by atoms with Crippen LogP contribution in [0, 0.1) is 0 Å². The summed E-state index contributed by atoms with van der Waals surface area (Å²) in [5, 5.41) is 7.33. The number of rotatable bonds is 4. The monoisotopic (exact) mass is 376 g/mol. The van der Waals surface area contributed by atoms with Gasteiger partial charge in [-0.1, -0.05) is 22.8 Å². The lowest BCUT2D eigenvalue weighted by molar-refractivity contribution is 0.102. The molecule has 0 saturated heterocycles. The number of carbonyl (C=O) groups is 1. The highest BCUT2D eigenvalue weighted by molar-refractivity contribution is 6.31. The first-order valence-electron chi connectivity index (χ1n) is 8.10. The van der Waals surface area contributed by atoms with Gasteiger partial charge in [0.1, 0.15) is 0 Å². The minimum Gasteiger partial charge on any atom is -0.334 e. The van der Waals surface area contributed by atoms with E-state index in [0.29, 0.717) is 28.0 Å². The molecule has 6 nitrogen and oxygen atoms in total. The maximum atomic E-state index is 12.3. The van der Waals surface area contributed by atoms with Crippen molar-refractivity contribution in [3.63, 3.8) is 0 Å². The summed E-state index contributed by atoms with van der Waals surface area (Å²) in [6, 6.07) is 17.6. The molecule has 0 aliphatic carbocycles. The second-order valence-electron chi connectivity index (χ2n) is 5.71. The van der Waals surface area contributed by atoms with E-state index in [1.165, 1.54) is 0 Å². The predicted molar refractivity (Wildman–Crippen MR) is 102 cm³/mol. The second-order valence-corrected chi connectivity index (χ2v) is 6.14. The van der Waals surface area contributed by atoms with Crippen molar-refractivity contribution in [3.8, 4) is 22.8 Å².